The van der Waals surface area contributed by atoms with E-state index in [1.54, 1.807) is 37.4 Å². The molecule has 0 aliphatic carbocycles. The maximum absolute atomic E-state index is 12.0. The molecule has 2 N–H and O–H groups in total. The number of benzene rings is 1. The summed E-state index contributed by atoms with van der Waals surface area (Å²) in [6.07, 6.45) is 0.412. The van der Waals surface area contributed by atoms with Crippen LogP contribution in [0.5, 0.6) is 0 Å². The highest BCUT2D eigenvalue weighted by atomic mass is 35.5. The molecule has 1 rings (SSSR count). The predicted octanol–water partition coefficient (Wildman–Crippen LogP) is 1.24. The average molecular weight is 335 g/mol. The number of carbonyl (C=O) groups is 1. The van der Waals surface area contributed by atoms with Gasteiger partial charge in [-0.1, -0.05) is 25.1 Å². The predicted molar refractivity (Wildman–Crippen MR) is 86.5 cm³/mol. The Morgan fingerprint density at radius 3 is 2.43 bits per heavy atom. The smallest absolute Gasteiger partial charge is 0.224 e. The topological polar surface area (TPSA) is 75.3 Å². The number of hydrogen-bond acceptors (Lipinski definition) is 4. The molecule has 0 aliphatic rings. The van der Waals surface area contributed by atoms with Crippen LogP contribution in [0.2, 0.25) is 0 Å². The van der Waals surface area contributed by atoms with E-state index in [1.165, 1.54) is 0 Å². The number of rotatable bonds is 8. The molecule has 0 saturated heterocycles. The van der Waals surface area contributed by atoms with Crippen molar-refractivity contribution in [1.82, 2.24) is 10.6 Å². The van der Waals surface area contributed by atoms with Crippen LogP contribution in [0.4, 0.5) is 0 Å². The van der Waals surface area contributed by atoms with E-state index in [0.717, 1.165) is 0 Å². The minimum Gasteiger partial charge on any atom is -0.356 e. The number of halogens is 1. The monoisotopic (exact) mass is 334 g/mol. The maximum atomic E-state index is 12.0. The summed E-state index contributed by atoms with van der Waals surface area (Å²) in [6, 6.07) is 8.36. The van der Waals surface area contributed by atoms with Gasteiger partial charge in [-0.3, -0.25) is 4.79 Å². The first-order chi connectivity index (χ1) is 9.47. The molecule has 120 valence electrons. The van der Waals surface area contributed by atoms with Gasteiger partial charge in [0, 0.05) is 19.0 Å². The molecule has 5 nitrogen and oxygen atoms in total. The standard InChI is InChI=1S/C14H22N2O3S.ClH/c1-12(11-15-2)14(17)16-9-6-10-20(18,19)13-7-4-3-5-8-13;/h3-5,7-8,12,15H,6,9-11H2,1-2H3,(H,16,17);1H. The molecule has 1 aromatic rings. The van der Waals surface area contributed by atoms with Crippen LogP contribution >= 0.6 is 12.4 Å². The van der Waals surface area contributed by atoms with Crippen LogP contribution in [0.1, 0.15) is 13.3 Å². The summed E-state index contributed by atoms with van der Waals surface area (Å²) in [5.74, 6) is -0.139. The minimum atomic E-state index is -3.25. The fraction of sp³-hybridized carbons (Fsp3) is 0.500. The van der Waals surface area contributed by atoms with Gasteiger partial charge in [0.05, 0.1) is 10.6 Å². The van der Waals surface area contributed by atoms with Gasteiger partial charge in [0.25, 0.3) is 0 Å². The van der Waals surface area contributed by atoms with E-state index >= 15 is 0 Å². The van der Waals surface area contributed by atoms with Crippen LogP contribution in [0.3, 0.4) is 0 Å². The van der Waals surface area contributed by atoms with Crippen molar-refractivity contribution in [3.8, 4) is 0 Å². The first kappa shape index (κ1) is 19.9. The highest BCUT2D eigenvalue weighted by molar-refractivity contribution is 7.91. The second-order valence-electron chi connectivity index (χ2n) is 4.74. The molecule has 0 fully saturated rings. The van der Waals surface area contributed by atoms with Crippen molar-refractivity contribution < 1.29 is 13.2 Å². The van der Waals surface area contributed by atoms with Crippen molar-refractivity contribution in [1.29, 1.82) is 0 Å². The van der Waals surface area contributed by atoms with Crippen molar-refractivity contribution in [3.63, 3.8) is 0 Å². The molecule has 0 saturated carbocycles. The fourth-order valence-electron chi connectivity index (χ4n) is 1.79. The zero-order chi connectivity index (χ0) is 15.0. The van der Waals surface area contributed by atoms with Gasteiger partial charge in [-0.2, -0.15) is 0 Å². The molecule has 1 aromatic carbocycles. The van der Waals surface area contributed by atoms with E-state index in [4.69, 9.17) is 0 Å². The third-order valence-electron chi connectivity index (χ3n) is 2.95. The summed E-state index contributed by atoms with van der Waals surface area (Å²) >= 11 is 0. The van der Waals surface area contributed by atoms with Crippen LogP contribution < -0.4 is 10.6 Å². The lowest BCUT2D eigenvalue weighted by atomic mass is 10.1. The Labute approximate surface area is 132 Å². The number of sulfone groups is 1. The molecule has 1 unspecified atom stereocenters. The summed E-state index contributed by atoms with van der Waals surface area (Å²) in [5.41, 5.74) is 0. The molecule has 0 radical (unpaired) electrons. The van der Waals surface area contributed by atoms with E-state index in [-0.39, 0.29) is 30.0 Å². The Morgan fingerprint density at radius 2 is 1.86 bits per heavy atom. The zero-order valence-electron chi connectivity index (χ0n) is 12.3. The van der Waals surface area contributed by atoms with Gasteiger partial charge in [-0.25, -0.2) is 8.42 Å². The number of carbonyl (C=O) groups excluding carboxylic acids is 1. The Hall–Kier alpha value is -1.11. The van der Waals surface area contributed by atoms with Crippen molar-refractivity contribution in [2.24, 2.45) is 5.92 Å². The minimum absolute atomic E-state index is 0. The molecular weight excluding hydrogens is 312 g/mol. The van der Waals surface area contributed by atoms with Crippen molar-refractivity contribution in [3.05, 3.63) is 30.3 Å². The summed E-state index contributed by atoms with van der Waals surface area (Å²) in [5, 5.41) is 5.68. The third-order valence-corrected chi connectivity index (χ3v) is 4.77. The fourth-order valence-corrected chi connectivity index (χ4v) is 3.12. The first-order valence-corrected chi connectivity index (χ1v) is 8.32. The highest BCUT2D eigenvalue weighted by Gasteiger charge is 2.14. The molecule has 0 spiro atoms. The third kappa shape index (κ3) is 6.93. The Bertz CT molecular complexity index is 520. The van der Waals surface area contributed by atoms with Crippen LogP contribution in [0, 0.1) is 5.92 Å². The van der Waals surface area contributed by atoms with Gasteiger partial charge in [0.1, 0.15) is 0 Å². The lowest BCUT2D eigenvalue weighted by molar-refractivity contribution is -0.124. The largest absolute Gasteiger partial charge is 0.356 e. The van der Waals surface area contributed by atoms with Crippen LogP contribution in [-0.4, -0.2) is 40.2 Å². The van der Waals surface area contributed by atoms with Gasteiger partial charge in [0.15, 0.2) is 9.84 Å². The van der Waals surface area contributed by atoms with E-state index in [2.05, 4.69) is 10.6 Å². The van der Waals surface area contributed by atoms with Crippen LogP contribution in [0.25, 0.3) is 0 Å². The normalized spacial score (nSPS) is 12.3. The lowest BCUT2D eigenvalue weighted by Gasteiger charge is -2.11. The van der Waals surface area contributed by atoms with Crippen molar-refractivity contribution in [2.75, 3.05) is 25.9 Å². The second-order valence-corrected chi connectivity index (χ2v) is 6.84. The lowest BCUT2D eigenvalue weighted by Crippen LogP contribution is -2.35. The summed E-state index contributed by atoms with van der Waals surface area (Å²) < 4.78 is 24.0. The maximum Gasteiger partial charge on any atom is 0.224 e. The molecule has 0 aromatic heterocycles. The number of amides is 1. The molecular formula is C14H23ClN2O3S. The molecule has 21 heavy (non-hydrogen) atoms. The van der Waals surface area contributed by atoms with Crippen molar-refractivity contribution >= 4 is 28.2 Å². The van der Waals surface area contributed by atoms with Crippen molar-refractivity contribution in [2.45, 2.75) is 18.2 Å². The Morgan fingerprint density at radius 1 is 1.24 bits per heavy atom. The summed E-state index contributed by atoms with van der Waals surface area (Å²) in [7, 11) is -1.46. The summed E-state index contributed by atoms with van der Waals surface area (Å²) in [4.78, 5) is 12.0. The average Bonchev–Trinajstić information content (AvgIpc) is 2.44. The highest BCUT2D eigenvalue weighted by Crippen LogP contribution is 2.10. The van der Waals surface area contributed by atoms with E-state index in [9.17, 15) is 13.2 Å². The molecule has 0 heterocycles. The molecule has 1 amide bonds. The quantitative estimate of drug-likeness (QED) is 0.701. The molecule has 0 aliphatic heterocycles. The Kier molecular flexibility index (Phi) is 9.24. The van der Waals surface area contributed by atoms with Gasteiger partial charge in [-0.15, -0.1) is 12.4 Å². The van der Waals surface area contributed by atoms with Crippen LogP contribution in [-0.2, 0) is 14.6 Å². The van der Waals surface area contributed by atoms with E-state index in [1.807, 2.05) is 6.92 Å². The van der Waals surface area contributed by atoms with Gasteiger partial charge < -0.3 is 10.6 Å². The zero-order valence-corrected chi connectivity index (χ0v) is 14.0. The molecule has 7 heteroatoms. The van der Waals surface area contributed by atoms with Gasteiger partial charge >= 0.3 is 0 Å². The number of hydrogen-bond donors (Lipinski definition) is 2. The Balaban J connectivity index is 0.00000400. The first-order valence-electron chi connectivity index (χ1n) is 6.67. The van der Waals surface area contributed by atoms with Gasteiger partial charge in [-0.05, 0) is 25.6 Å². The molecule has 0 bridgehead atoms. The number of nitrogens with one attached hydrogen (secondary N) is 2. The van der Waals surface area contributed by atoms with Gasteiger partial charge in [0.2, 0.25) is 5.91 Å². The van der Waals surface area contributed by atoms with E-state index in [0.29, 0.717) is 24.4 Å². The molecule has 1 atom stereocenters. The SMILES string of the molecule is CNCC(C)C(=O)NCCCS(=O)(=O)c1ccccc1.Cl. The second kappa shape index (κ2) is 9.76. The van der Waals surface area contributed by atoms with Crippen LogP contribution in [0.15, 0.2) is 35.2 Å². The van der Waals surface area contributed by atoms with E-state index < -0.39 is 9.84 Å². The summed E-state index contributed by atoms with van der Waals surface area (Å²) in [6.45, 7) is 2.81.